The smallest absolute Gasteiger partial charge is 0.256 e. The van der Waals surface area contributed by atoms with Crippen LogP contribution in [0.4, 0.5) is 0 Å². The Morgan fingerprint density at radius 3 is 1.68 bits per heavy atom. The average Bonchev–Trinajstić information content (AvgIpc) is 3.29. The lowest BCUT2D eigenvalue weighted by Crippen LogP contribution is -2.39. The van der Waals surface area contributed by atoms with Gasteiger partial charge in [-0.3, -0.25) is 0 Å². The molecule has 1 aromatic rings. The number of unbranched alkanes of at least 4 members (excludes halogenated alkanes) is 19. The summed E-state index contributed by atoms with van der Waals surface area (Å²) in [6.45, 7) is 9.39. The second-order valence-electron chi connectivity index (χ2n) is 11.8. The topological polar surface area (TPSA) is 38.3 Å². The van der Waals surface area contributed by atoms with E-state index in [0.29, 0.717) is 12.6 Å². The predicted molar refractivity (Wildman–Crippen MR) is 164 cm³/mol. The minimum absolute atomic E-state index is 0.201. The van der Waals surface area contributed by atoms with E-state index in [1.807, 2.05) is 0 Å². The van der Waals surface area contributed by atoms with Crippen molar-refractivity contribution in [2.24, 2.45) is 0 Å². The molecule has 1 heterocycles. The van der Waals surface area contributed by atoms with E-state index in [-0.39, 0.29) is 6.61 Å². The number of aliphatic hydroxyl groups is 1. The average molecular weight is 536 g/mol. The molecule has 0 radical (unpaired) electrons. The molecule has 0 saturated heterocycles. The summed E-state index contributed by atoms with van der Waals surface area (Å²) >= 11 is 0. The molecular weight excluding hydrogens is 468 g/mol. The van der Waals surface area contributed by atoms with Crippen LogP contribution in [0.25, 0.3) is 0 Å². The summed E-state index contributed by atoms with van der Waals surface area (Å²) in [5.74, 6) is 1.35. The van der Waals surface area contributed by atoms with Gasteiger partial charge in [-0.1, -0.05) is 142 Å². The highest BCUT2D eigenvalue weighted by atomic mass is 16.5. The van der Waals surface area contributed by atoms with Crippen molar-refractivity contribution in [1.82, 2.24) is 4.57 Å². The van der Waals surface area contributed by atoms with Crippen LogP contribution in [0.3, 0.4) is 0 Å². The van der Waals surface area contributed by atoms with E-state index in [9.17, 15) is 5.11 Å². The zero-order chi connectivity index (χ0) is 27.5. The Kier molecular flexibility index (Phi) is 24.4. The van der Waals surface area contributed by atoms with Gasteiger partial charge >= 0.3 is 0 Å². The Labute approximate surface area is 238 Å². The lowest BCUT2D eigenvalue weighted by molar-refractivity contribution is -0.705. The van der Waals surface area contributed by atoms with Gasteiger partial charge in [-0.05, 0) is 19.8 Å². The molecule has 0 spiro atoms. The highest BCUT2D eigenvalue weighted by Gasteiger charge is 2.16. The molecule has 1 N–H and O–H groups in total. The van der Waals surface area contributed by atoms with Gasteiger partial charge in [0.2, 0.25) is 0 Å². The van der Waals surface area contributed by atoms with Gasteiger partial charge in [0, 0.05) is 6.42 Å². The van der Waals surface area contributed by atoms with Gasteiger partial charge in [0.15, 0.2) is 0 Å². The van der Waals surface area contributed by atoms with E-state index in [2.05, 4.69) is 42.3 Å². The van der Waals surface area contributed by atoms with Crippen LogP contribution in [-0.2, 0) is 24.2 Å². The molecule has 1 unspecified atom stereocenters. The number of hydrogen-bond donors (Lipinski definition) is 1. The molecule has 0 bridgehead atoms. The minimum Gasteiger partial charge on any atom is -0.392 e. The van der Waals surface area contributed by atoms with Gasteiger partial charge in [0.05, 0.1) is 19.3 Å². The fraction of sp³-hybridized carbons (Fsp3) is 0.912. The molecular formula is C34H67N2O2+. The van der Waals surface area contributed by atoms with E-state index < -0.39 is 0 Å². The summed E-state index contributed by atoms with van der Waals surface area (Å²) in [5.41, 5.74) is 0. The van der Waals surface area contributed by atoms with Crippen molar-refractivity contribution in [1.29, 1.82) is 0 Å². The fourth-order valence-corrected chi connectivity index (χ4v) is 5.60. The van der Waals surface area contributed by atoms with Crippen molar-refractivity contribution >= 4 is 0 Å². The Bertz CT molecular complexity index is 616. The first-order chi connectivity index (χ1) is 18.7. The van der Waals surface area contributed by atoms with E-state index in [0.717, 1.165) is 19.6 Å². The van der Waals surface area contributed by atoms with Crippen molar-refractivity contribution in [3.05, 3.63) is 18.2 Å². The molecule has 1 aromatic heterocycles. The predicted octanol–water partition coefficient (Wildman–Crippen LogP) is 9.34. The van der Waals surface area contributed by atoms with Crippen LogP contribution in [0.2, 0.25) is 0 Å². The molecule has 4 heteroatoms. The zero-order valence-corrected chi connectivity index (χ0v) is 26.1. The van der Waals surface area contributed by atoms with Crippen LogP contribution in [-0.4, -0.2) is 29.0 Å². The van der Waals surface area contributed by atoms with Crippen molar-refractivity contribution in [3.63, 3.8) is 0 Å². The van der Waals surface area contributed by atoms with Gasteiger partial charge in [0.1, 0.15) is 25.5 Å². The SMILES string of the molecule is CCCCCCCCCCCCCc1n(CCOC(C)CCCCCCCCCCCC)cc[n+]1CCO. The summed E-state index contributed by atoms with van der Waals surface area (Å²) < 4.78 is 10.8. The number of aliphatic hydroxyl groups excluding tert-OH is 1. The molecule has 0 aliphatic heterocycles. The summed E-state index contributed by atoms with van der Waals surface area (Å²) in [7, 11) is 0. The standard InChI is InChI=1S/C34H67N2O2/c1-4-6-8-10-12-14-16-18-20-22-24-26-34-35(29-31-37)27-28-36(34)30-32-38-33(3)25-23-21-19-17-15-13-11-9-7-5-2/h27-28,33,37H,4-26,29-32H2,1-3H3/q+1. The summed E-state index contributed by atoms with van der Waals surface area (Å²) in [5, 5.41) is 9.50. The van der Waals surface area contributed by atoms with Crippen LogP contribution in [0.15, 0.2) is 12.4 Å². The summed E-state index contributed by atoms with van der Waals surface area (Å²) in [6.07, 6.45) is 36.0. The first-order valence-corrected chi connectivity index (χ1v) is 17.0. The Morgan fingerprint density at radius 1 is 0.711 bits per heavy atom. The van der Waals surface area contributed by atoms with Gasteiger partial charge in [-0.25, -0.2) is 9.13 Å². The van der Waals surface area contributed by atoms with E-state index >= 15 is 0 Å². The monoisotopic (exact) mass is 536 g/mol. The maximum atomic E-state index is 9.50. The van der Waals surface area contributed by atoms with Crippen molar-refractivity contribution in [2.45, 2.75) is 188 Å². The van der Waals surface area contributed by atoms with Crippen LogP contribution in [0, 0.1) is 0 Å². The van der Waals surface area contributed by atoms with Crippen molar-refractivity contribution in [3.8, 4) is 0 Å². The molecule has 0 aromatic carbocycles. The molecule has 1 rings (SSSR count). The molecule has 4 nitrogen and oxygen atoms in total. The van der Waals surface area contributed by atoms with Crippen LogP contribution in [0.5, 0.6) is 0 Å². The van der Waals surface area contributed by atoms with Gasteiger partial charge in [0.25, 0.3) is 5.82 Å². The first kappa shape index (κ1) is 35.2. The second-order valence-corrected chi connectivity index (χ2v) is 11.8. The van der Waals surface area contributed by atoms with Crippen molar-refractivity contribution in [2.75, 3.05) is 13.2 Å². The maximum Gasteiger partial charge on any atom is 0.256 e. The molecule has 224 valence electrons. The Morgan fingerprint density at radius 2 is 1.18 bits per heavy atom. The quantitative estimate of drug-likeness (QED) is 0.0819. The molecule has 38 heavy (non-hydrogen) atoms. The largest absolute Gasteiger partial charge is 0.392 e. The number of nitrogens with zero attached hydrogens (tertiary/aromatic N) is 2. The minimum atomic E-state index is 0.201. The number of hydrogen-bond acceptors (Lipinski definition) is 2. The fourth-order valence-electron chi connectivity index (χ4n) is 5.60. The van der Waals surface area contributed by atoms with Crippen LogP contribution < -0.4 is 4.57 Å². The molecule has 0 saturated carbocycles. The number of ether oxygens (including phenoxy) is 1. The van der Waals surface area contributed by atoms with E-state index in [4.69, 9.17) is 4.74 Å². The summed E-state index contributed by atoms with van der Waals surface area (Å²) in [4.78, 5) is 0. The van der Waals surface area contributed by atoms with E-state index in [1.54, 1.807) is 0 Å². The Hall–Kier alpha value is -0.870. The maximum absolute atomic E-state index is 9.50. The number of imidazole rings is 1. The lowest BCUT2D eigenvalue weighted by atomic mass is 10.0. The summed E-state index contributed by atoms with van der Waals surface area (Å²) in [6, 6.07) is 0. The highest BCUT2D eigenvalue weighted by molar-refractivity contribution is 4.84. The molecule has 0 fully saturated rings. The molecule has 0 aliphatic rings. The number of rotatable bonds is 29. The third-order valence-corrected chi connectivity index (χ3v) is 8.13. The van der Waals surface area contributed by atoms with Gasteiger partial charge in [-0.2, -0.15) is 0 Å². The second kappa shape index (κ2) is 26.4. The Balaban J connectivity index is 2.15. The zero-order valence-electron chi connectivity index (χ0n) is 26.1. The first-order valence-electron chi connectivity index (χ1n) is 17.0. The highest BCUT2D eigenvalue weighted by Crippen LogP contribution is 2.14. The van der Waals surface area contributed by atoms with Crippen molar-refractivity contribution < 1.29 is 14.4 Å². The van der Waals surface area contributed by atoms with Gasteiger partial charge < -0.3 is 9.84 Å². The van der Waals surface area contributed by atoms with Gasteiger partial charge in [-0.15, -0.1) is 0 Å². The lowest BCUT2D eigenvalue weighted by Gasteiger charge is -2.13. The van der Waals surface area contributed by atoms with Crippen LogP contribution in [0.1, 0.15) is 168 Å². The third kappa shape index (κ3) is 19.2. The third-order valence-electron chi connectivity index (χ3n) is 8.13. The van der Waals surface area contributed by atoms with Crippen LogP contribution >= 0.6 is 0 Å². The normalized spacial score (nSPS) is 12.4. The molecule has 0 aliphatic carbocycles. The molecule has 1 atom stereocenters. The van der Waals surface area contributed by atoms with E-state index in [1.165, 1.54) is 147 Å². The number of aromatic nitrogens is 2. The molecule has 0 amide bonds.